The van der Waals surface area contributed by atoms with Gasteiger partial charge in [0, 0.05) is 7.05 Å². The first-order valence-corrected chi connectivity index (χ1v) is 13.6. The highest BCUT2D eigenvalue weighted by Crippen LogP contribution is 2.40. The maximum absolute atomic E-state index is 14.9. The number of ether oxygens (including phenoxy) is 2. The van der Waals surface area contributed by atoms with E-state index in [4.69, 9.17) is 13.9 Å². The number of rotatable bonds is 3. The van der Waals surface area contributed by atoms with E-state index in [0.29, 0.717) is 5.17 Å². The van der Waals surface area contributed by atoms with Gasteiger partial charge in [0.25, 0.3) is 0 Å². The van der Waals surface area contributed by atoms with E-state index in [2.05, 4.69) is 38.9 Å². The largest absolute Gasteiger partial charge is 0.443 e. The van der Waals surface area contributed by atoms with Gasteiger partial charge in [-0.1, -0.05) is 32.5 Å². The van der Waals surface area contributed by atoms with E-state index in [9.17, 15) is 14.3 Å². The van der Waals surface area contributed by atoms with Crippen molar-refractivity contribution in [2.75, 3.05) is 13.7 Å². The average molecular weight is 451 g/mol. The minimum Gasteiger partial charge on any atom is -0.443 e. The molecule has 0 saturated carbocycles. The number of carbonyl (C=O) groups is 1. The Labute approximate surface area is 178 Å². The fourth-order valence-corrected chi connectivity index (χ4v) is 4.79. The highest BCUT2D eigenvalue weighted by molar-refractivity contribution is 8.14. The molecule has 0 radical (unpaired) electrons. The van der Waals surface area contributed by atoms with E-state index in [1.165, 1.54) is 11.9 Å². The molecule has 0 aromatic carbocycles. The van der Waals surface area contributed by atoms with Crippen molar-refractivity contribution in [1.82, 2.24) is 4.90 Å². The average Bonchev–Trinajstić information content (AvgIpc) is 2.97. The van der Waals surface area contributed by atoms with Crippen LogP contribution < -0.4 is 0 Å². The summed E-state index contributed by atoms with van der Waals surface area (Å²) < 4.78 is 32.3. The highest BCUT2D eigenvalue weighted by Gasteiger charge is 2.51. The molecule has 10 heteroatoms. The number of thioether (sulfide) groups is 1. The van der Waals surface area contributed by atoms with Gasteiger partial charge in [-0.3, -0.25) is 9.89 Å². The molecule has 2 aliphatic heterocycles. The van der Waals surface area contributed by atoms with Gasteiger partial charge >= 0.3 is 6.09 Å². The third-order valence-electron chi connectivity index (χ3n) is 5.47. The molecule has 5 atom stereocenters. The van der Waals surface area contributed by atoms with E-state index in [1.54, 1.807) is 20.8 Å². The molecule has 2 rings (SSSR count). The number of fused-ring (bicyclic) bond motifs is 1. The first-order valence-electron chi connectivity index (χ1n) is 9.86. The van der Waals surface area contributed by atoms with Crippen LogP contribution >= 0.6 is 11.8 Å². The third-order valence-corrected chi connectivity index (χ3v) is 11.2. The van der Waals surface area contributed by atoms with Gasteiger partial charge in [0.15, 0.2) is 19.7 Å². The molecule has 2 aliphatic rings. The van der Waals surface area contributed by atoms with Crippen LogP contribution in [0.3, 0.4) is 0 Å². The molecule has 1 fully saturated rings. The molecule has 1 N–H and O–H groups in total. The van der Waals surface area contributed by atoms with E-state index in [0.717, 1.165) is 11.8 Å². The molecule has 0 aliphatic carbocycles. The Hall–Kier alpha value is -0.683. The number of hydrogen-bond donors (Lipinski definition) is 1. The summed E-state index contributed by atoms with van der Waals surface area (Å²) >= 11 is 1.16. The lowest BCUT2D eigenvalue weighted by molar-refractivity contribution is -0.143. The van der Waals surface area contributed by atoms with Crippen molar-refractivity contribution in [2.24, 2.45) is 4.99 Å². The Balaban J connectivity index is 2.04. The van der Waals surface area contributed by atoms with Crippen LogP contribution in [0.4, 0.5) is 9.18 Å². The molecule has 0 aromatic rings. The van der Waals surface area contributed by atoms with Crippen LogP contribution in [0.25, 0.3) is 0 Å². The number of aliphatic imine (C=N–C) groups is 1. The van der Waals surface area contributed by atoms with Gasteiger partial charge in [0.2, 0.25) is 0 Å². The molecule has 1 amide bonds. The number of amidine groups is 1. The van der Waals surface area contributed by atoms with Crippen LogP contribution in [0.1, 0.15) is 41.5 Å². The van der Waals surface area contributed by atoms with Crippen molar-refractivity contribution in [3.8, 4) is 0 Å². The van der Waals surface area contributed by atoms with Gasteiger partial charge in [-0.05, 0) is 38.9 Å². The lowest BCUT2D eigenvalue weighted by Gasteiger charge is -2.41. The first-order chi connectivity index (χ1) is 13.0. The van der Waals surface area contributed by atoms with E-state index < -0.39 is 49.9 Å². The molecule has 2 heterocycles. The topological polar surface area (TPSA) is 80.6 Å². The predicted octanol–water partition coefficient (Wildman–Crippen LogP) is 3.77. The van der Waals surface area contributed by atoms with Crippen molar-refractivity contribution in [1.29, 1.82) is 0 Å². The molecule has 1 saturated heterocycles. The molecule has 168 valence electrons. The summed E-state index contributed by atoms with van der Waals surface area (Å²) in [5.41, 5.74) is -1.27. The zero-order valence-corrected chi connectivity index (χ0v) is 20.7. The molecule has 7 nitrogen and oxygen atoms in total. The Morgan fingerprint density at radius 2 is 1.90 bits per heavy atom. The minimum absolute atomic E-state index is 0.00120. The monoisotopic (exact) mass is 450 g/mol. The smallest absolute Gasteiger partial charge is 0.416 e. The summed E-state index contributed by atoms with van der Waals surface area (Å²) in [6.07, 6.45) is -4.29. The SMILES string of the molecule is CN(C(=O)OC(C)(C)C)C1=N[C@@H]2[C@H](F)[C@H](O)[C@@H](CO[Si](C)(C)C(C)(C)C)O[C@@H]2S1. The molecule has 0 spiro atoms. The molecule has 29 heavy (non-hydrogen) atoms. The number of halogens is 1. The Kier molecular flexibility index (Phi) is 7.16. The Bertz CT molecular complexity index is 649. The molecule has 0 unspecified atom stereocenters. The summed E-state index contributed by atoms with van der Waals surface area (Å²) in [6, 6.07) is -0.876. The number of alkyl halides is 1. The lowest BCUT2D eigenvalue weighted by Crippen LogP contribution is -2.55. The van der Waals surface area contributed by atoms with Crippen LogP contribution in [0.5, 0.6) is 0 Å². The number of hydrogen-bond acceptors (Lipinski definition) is 7. The Morgan fingerprint density at radius 1 is 1.31 bits per heavy atom. The molecular formula is C19H35FN2O5SSi. The standard InChI is InChI=1S/C19H35FN2O5SSi/c1-18(2,3)27-17(24)22(7)16-21-13-12(20)14(23)11(26-15(13)28-16)10-25-29(8,9)19(4,5)6/h11-15,23H,10H2,1-9H3/t11-,12+,13-,14-,15-/m1/s1. The van der Waals surface area contributed by atoms with Crippen molar-refractivity contribution < 1.29 is 28.2 Å². The van der Waals surface area contributed by atoms with Crippen LogP contribution in [-0.2, 0) is 13.9 Å². The minimum atomic E-state index is -2.06. The van der Waals surface area contributed by atoms with Crippen molar-refractivity contribution >= 4 is 31.3 Å². The van der Waals surface area contributed by atoms with Crippen molar-refractivity contribution in [2.45, 2.75) is 95.1 Å². The van der Waals surface area contributed by atoms with Crippen LogP contribution in [-0.4, -0.2) is 78.7 Å². The number of nitrogens with zero attached hydrogens (tertiary/aromatic N) is 2. The highest BCUT2D eigenvalue weighted by atomic mass is 32.2. The summed E-state index contributed by atoms with van der Waals surface area (Å²) in [7, 11) is -0.535. The quantitative estimate of drug-likeness (QED) is 0.659. The van der Waals surface area contributed by atoms with Crippen LogP contribution in [0.2, 0.25) is 18.1 Å². The number of aliphatic hydroxyl groups is 1. The Morgan fingerprint density at radius 3 is 2.41 bits per heavy atom. The summed E-state index contributed by atoms with van der Waals surface area (Å²) in [5.74, 6) is 0. The van der Waals surface area contributed by atoms with E-state index >= 15 is 0 Å². The van der Waals surface area contributed by atoms with Gasteiger partial charge < -0.3 is 19.0 Å². The fraction of sp³-hybridized carbons (Fsp3) is 0.895. The van der Waals surface area contributed by atoms with Crippen LogP contribution in [0, 0.1) is 0 Å². The van der Waals surface area contributed by atoms with Crippen molar-refractivity contribution in [3.63, 3.8) is 0 Å². The van der Waals surface area contributed by atoms with E-state index in [1.807, 2.05) is 0 Å². The van der Waals surface area contributed by atoms with Gasteiger partial charge in [0.05, 0.1) is 6.61 Å². The maximum atomic E-state index is 14.9. The number of amides is 1. The van der Waals surface area contributed by atoms with Gasteiger partial charge in [-0.25, -0.2) is 9.18 Å². The number of aliphatic hydroxyl groups excluding tert-OH is 1. The predicted molar refractivity (Wildman–Crippen MR) is 116 cm³/mol. The maximum Gasteiger partial charge on any atom is 0.416 e. The number of carbonyl (C=O) groups excluding carboxylic acids is 1. The first kappa shape index (κ1) is 24.6. The fourth-order valence-electron chi connectivity index (χ4n) is 2.60. The normalized spacial score (nSPS) is 30.6. The second-order valence-corrected chi connectivity index (χ2v) is 16.0. The van der Waals surface area contributed by atoms with Gasteiger partial charge in [-0.15, -0.1) is 0 Å². The summed E-state index contributed by atoms with van der Waals surface area (Å²) in [4.78, 5) is 17.8. The van der Waals surface area contributed by atoms with E-state index in [-0.39, 0.29) is 11.6 Å². The summed E-state index contributed by atoms with van der Waals surface area (Å²) in [6.45, 7) is 16.0. The zero-order valence-electron chi connectivity index (χ0n) is 18.9. The lowest BCUT2D eigenvalue weighted by atomic mass is 10.0. The van der Waals surface area contributed by atoms with Gasteiger partial charge in [-0.2, -0.15) is 0 Å². The van der Waals surface area contributed by atoms with Crippen molar-refractivity contribution in [3.05, 3.63) is 0 Å². The third kappa shape index (κ3) is 5.72. The van der Waals surface area contributed by atoms with Crippen LogP contribution in [0.15, 0.2) is 4.99 Å². The van der Waals surface area contributed by atoms with Gasteiger partial charge in [0.1, 0.15) is 29.3 Å². The molecule has 0 aromatic heterocycles. The zero-order chi connectivity index (χ0) is 22.4. The molecule has 0 bridgehead atoms. The molecular weight excluding hydrogens is 415 g/mol. The summed E-state index contributed by atoms with van der Waals surface area (Å²) in [5, 5.41) is 10.7. The second-order valence-electron chi connectivity index (χ2n) is 10.1. The second kappa shape index (κ2) is 8.45.